The lowest BCUT2D eigenvalue weighted by Crippen LogP contribution is -1.95. The lowest BCUT2D eigenvalue weighted by molar-refractivity contribution is 0.112. The van der Waals surface area contributed by atoms with Gasteiger partial charge < -0.3 is 5.73 Å². The molecule has 0 heterocycles. The van der Waals surface area contributed by atoms with Crippen molar-refractivity contribution in [1.29, 1.82) is 5.26 Å². The molecule has 0 unspecified atom stereocenters. The molecule has 66 valence electrons. The molecule has 2 N–H and O–H groups in total. The number of anilines is 1. The smallest absolute Gasteiger partial charge is 0.150 e. The summed E-state index contributed by atoms with van der Waals surface area (Å²) in [5, 5.41) is 8.39. The van der Waals surface area contributed by atoms with Gasteiger partial charge in [0, 0.05) is 17.7 Å². The van der Waals surface area contributed by atoms with Gasteiger partial charge in [-0.15, -0.1) is 0 Å². The minimum absolute atomic E-state index is 0.407. The summed E-state index contributed by atoms with van der Waals surface area (Å²) in [6.45, 7) is 0. The van der Waals surface area contributed by atoms with Crippen LogP contribution in [0.5, 0.6) is 0 Å². The number of carbonyl (C=O) groups is 1. The number of nitrogen functional groups attached to an aromatic ring is 1. The van der Waals surface area contributed by atoms with Gasteiger partial charge in [0.15, 0.2) is 0 Å². The van der Waals surface area contributed by atoms with Crippen LogP contribution < -0.4 is 5.73 Å². The molecule has 0 aliphatic rings. The first kappa shape index (κ1) is 9.27. The molecule has 0 aromatic heterocycles. The first-order chi connectivity index (χ1) is 6.27. The topological polar surface area (TPSA) is 66.9 Å². The predicted molar refractivity (Wildman–Crippen MR) is 50.2 cm³/mol. The summed E-state index contributed by atoms with van der Waals surface area (Å²) in [5.41, 5.74) is 7.64. The van der Waals surface area contributed by atoms with Crippen LogP contribution in [0, 0.1) is 11.3 Å². The van der Waals surface area contributed by atoms with Crippen LogP contribution >= 0.6 is 0 Å². The molecule has 0 spiro atoms. The molecule has 0 saturated carbocycles. The van der Waals surface area contributed by atoms with Crippen molar-refractivity contribution >= 4 is 12.0 Å². The molecule has 0 amide bonds. The molecule has 1 rings (SSSR count). The van der Waals surface area contributed by atoms with Gasteiger partial charge in [-0.1, -0.05) is 0 Å². The Bertz CT molecular complexity index is 352. The summed E-state index contributed by atoms with van der Waals surface area (Å²) in [5.74, 6) is 0. The predicted octanol–water partition coefficient (Wildman–Crippen LogP) is 1.54. The van der Waals surface area contributed by atoms with E-state index < -0.39 is 0 Å². The minimum atomic E-state index is 0.407. The van der Waals surface area contributed by atoms with Crippen molar-refractivity contribution in [2.45, 2.75) is 12.8 Å². The van der Waals surface area contributed by atoms with Gasteiger partial charge in [-0.05, 0) is 30.2 Å². The van der Waals surface area contributed by atoms with Crippen LogP contribution in [0.4, 0.5) is 5.69 Å². The largest absolute Gasteiger partial charge is 0.399 e. The number of benzene rings is 1. The number of rotatable bonds is 3. The van der Waals surface area contributed by atoms with E-state index in [2.05, 4.69) is 0 Å². The van der Waals surface area contributed by atoms with Crippen molar-refractivity contribution < 1.29 is 4.79 Å². The van der Waals surface area contributed by atoms with Gasteiger partial charge in [0.05, 0.1) is 6.07 Å². The van der Waals surface area contributed by atoms with Crippen LogP contribution in [0.25, 0.3) is 0 Å². The molecule has 0 bridgehead atoms. The van der Waals surface area contributed by atoms with E-state index in [1.165, 1.54) is 0 Å². The molecule has 0 aliphatic carbocycles. The first-order valence-corrected chi connectivity index (χ1v) is 3.98. The van der Waals surface area contributed by atoms with Crippen LogP contribution in [0.15, 0.2) is 18.2 Å². The summed E-state index contributed by atoms with van der Waals surface area (Å²) in [7, 11) is 0. The SMILES string of the molecule is N#CCCc1cc(N)ccc1C=O. The summed E-state index contributed by atoms with van der Waals surface area (Å²) >= 11 is 0. The molecule has 0 radical (unpaired) electrons. The number of aryl methyl sites for hydroxylation is 1. The Kier molecular flexibility index (Phi) is 3.04. The second-order valence-corrected chi connectivity index (χ2v) is 2.73. The maximum atomic E-state index is 10.6. The number of hydrogen-bond donors (Lipinski definition) is 1. The fourth-order valence-corrected chi connectivity index (χ4v) is 1.15. The average Bonchev–Trinajstić information content (AvgIpc) is 2.15. The standard InChI is InChI=1S/C10H10N2O/c11-5-1-2-8-6-10(12)4-3-9(8)7-13/h3-4,6-7H,1-2,12H2. The quantitative estimate of drug-likeness (QED) is 0.558. The number of hydrogen-bond acceptors (Lipinski definition) is 3. The zero-order chi connectivity index (χ0) is 9.68. The van der Waals surface area contributed by atoms with Gasteiger partial charge >= 0.3 is 0 Å². The first-order valence-electron chi connectivity index (χ1n) is 3.98. The van der Waals surface area contributed by atoms with Crippen LogP contribution in [0.2, 0.25) is 0 Å². The molecule has 1 aromatic carbocycles. The summed E-state index contributed by atoms with van der Waals surface area (Å²) in [6.07, 6.45) is 1.77. The second-order valence-electron chi connectivity index (χ2n) is 2.73. The van der Waals surface area contributed by atoms with Crippen molar-refractivity contribution in [1.82, 2.24) is 0 Å². The van der Waals surface area contributed by atoms with Gasteiger partial charge in [0.25, 0.3) is 0 Å². The fraction of sp³-hybridized carbons (Fsp3) is 0.200. The highest BCUT2D eigenvalue weighted by Gasteiger charge is 2.01. The molecule has 0 atom stereocenters. The molecule has 0 fully saturated rings. The maximum Gasteiger partial charge on any atom is 0.150 e. The van der Waals surface area contributed by atoms with E-state index in [0.29, 0.717) is 24.1 Å². The van der Waals surface area contributed by atoms with E-state index in [4.69, 9.17) is 11.0 Å². The second kappa shape index (κ2) is 4.27. The molecule has 0 saturated heterocycles. The molecule has 3 nitrogen and oxygen atoms in total. The van der Waals surface area contributed by atoms with E-state index in [0.717, 1.165) is 11.8 Å². The maximum absolute atomic E-state index is 10.6. The van der Waals surface area contributed by atoms with Gasteiger partial charge in [0.1, 0.15) is 6.29 Å². The lowest BCUT2D eigenvalue weighted by Gasteiger charge is -2.02. The number of nitrogens with two attached hydrogens (primary N) is 1. The van der Waals surface area contributed by atoms with Crippen LogP contribution in [-0.4, -0.2) is 6.29 Å². The monoisotopic (exact) mass is 174 g/mol. The molecule has 3 heteroatoms. The highest BCUT2D eigenvalue weighted by atomic mass is 16.1. The fourth-order valence-electron chi connectivity index (χ4n) is 1.15. The highest BCUT2D eigenvalue weighted by molar-refractivity contribution is 5.78. The third kappa shape index (κ3) is 2.31. The number of carbonyl (C=O) groups excluding carboxylic acids is 1. The van der Waals surface area contributed by atoms with Gasteiger partial charge in [0.2, 0.25) is 0 Å². The van der Waals surface area contributed by atoms with Crippen molar-refractivity contribution in [3.63, 3.8) is 0 Å². The highest BCUT2D eigenvalue weighted by Crippen LogP contribution is 2.13. The third-order valence-corrected chi connectivity index (χ3v) is 1.80. The van der Waals surface area contributed by atoms with E-state index in [-0.39, 0.29) is 0 Å². The average molecular weight is 174 g/mol. The summed E-state index contributed by atoms with van der Waals surface area (Å²) in [6, 6.07) is 7.12. The summed E-state index contributed by atoms with van der Waals surface area (Å²) < 4.78 is 0. The lowest BCUT2D eigenvalue weighted by atomic mass is 10.0. The Morgan fingerprint density at radius 2 is 2.31 bits per heavy atom. The molecular weight excluding hydrogens is 164 g/mol. The van der Waals surface area contributed by atoms with Crippen molar-refractivity contribution in [2.75, 3.05) is 5.73 Å². The Hall–Kier alpha value is -1.82. The molecule has 0 aliphatic heterocycles. The van der Waals surface area contributed by atoms with Crippen LogP contribution in [0.3, 0.4) is 0 Å². The Labute approximate surface area is 76.8 Å². The van der Waals surface area contributed by atoms with Gasteiger partial charge in [-0.2, -0.15) is 5.26 Å². The van der Waals surface area contributed by atoms with Gasteiger partial charge in [-0.3, -0.25) is 4.79 Å². The Morgan fingerprint density at radius 1 is 1.54 bits per heavy atom. The third-order valence-electron chi connectivity index (χ3n) is 1.80. The zero-order valence-corrected chi connectivity index (χ0v) is 7.16. The Balaban J connectivity index is 2.95. The van der Waals surface area contributed by atoms with Crippen molar-refractivity contribution in [3.05, 3.63) is 29.3 Å². The molecule has 1 aromatic rings. The van der Waals surface area contributed by atoms with Gasteiger partial charge in [-0.25, -0.2) is 0 Å². The normalized spacial score (nSPS) is 9.15. The molecule has 13 heavy (non-hydrogen) atoms. The molecular formula is C10H10N2O. The van der Waals surface area contributed by atoms with E-state index >= 15 is 0 Å². The minimum Gasteiger partial charge on any atom is -0.399 e. The van der Waals surface area contributed by atoms with E-state index in [1.54, 1.807) is 18.2 Å². The van der Waals surface area contributed by atoms with Crippen molar-refractivity contribution in [2.24, 2.45) is 0 Å². The zero-order valence-electron chi connectivity index (χ0n) is 7.16. The number of aldehydes is 1. The Morgan fingerprint density at radius 3 is 2.92 bits per heavy atom. The van der Waals surface area contributed by atoms with E-state index in [9.17, 15) is 4.79 Å². The number of nitriles is 1. The van der Waals surface area contributed by atoms with Crippen molar-refractivity contribution in [3.8, 4) is 6.07 Å². The summed E-state index contributed by atoms with van der Waals surface area (Å²) in [4.78, 5) is 10.6. The van der Waals surface area contributed by atoms with Crippen LogP contribution in [0.1, 0.15) is 22.3 Å². The number of nitrogens with zero attached hydrogens (tertiary/aromatic N) is 1. The van der Waals surface area contributed by atoms with Crippen LogP contribution in [-0.2, 0) is 6.42 Å². The van der Waals surface area contributed by atoms with E-state index in [1.807, 2.05) is 6.07 Å².